The van der Waals surface area contributed by atoms with Crippen LogP contribution in [0.1, 0.15) is 37.6 Å². The molecule has 0 saturated carbocycles. The van der Waals surface area contributed by atoms with Gasteiger partial charge in [0.15, 0.2) is 0 Å². The molecule has 0 bridgehead atoms. The number of halogens is 2. The quantitative estimate of drug-likeness (QED) is 0.864. The normalized spacial score (nSPS) is 15.1. The molecule has 3 rings (SSSR count). The second-order valence-corrected chi connectivity index (χ2v) is 4.77. The first-order chi connectivity index (χ1) is 12.1. The predicted molar refractivity (Wildman–Crippen MR) is 94.6 cm³/mol. The fraction of sp³-hybridized carbons (Fsp3) is 0.333. The zero-order chi connectivity index (χ0) is 19.0. The number of anilines is 2. The minimum absolute atomic E-state index is 0.242. The number of carbonyl (C=O) groups excluding carboxylic acids is 1. The van der Waals surface area contributed by atoms with Crippen LogP contribution in [0.25, 0.3) is 0 Å². The summed E-state index contributed by atoms with van der Waals surface area (Å²) in [7, 11) is 1.00. The molecule has 1 amide bonds. The lowest BCUT2D eigenvalue weighted by molar-refractivity contribution is 0.0973. The summed E-state index contributed by atoms with van der Waals surface area (Å²) in [6.45, 7) is 5.91. The molecule has 7 heteroatoms. The van der Waals surface area contributed by atoms with Crippen LogP contribution in [0, 0.1) is 11.6 Å². The van der Waals surface area contributed by atoms with E-state index in [9.17, 15) is 13.6 Å². The van der Waals surface area contributed by atoms with E-state index in [2.05, 4.69) is 10.3 Å². The molecule has 2 heterocycles. The second-order valence-electron chi connectivity index (χ2n) is 4.77. The molecule has 2 N–H and O–H groups in total. The summed E-state index contributed by atoms with van der Waals surface area (Å²) in [6, 6.07) is 6.71. The highest BCUT2D eigenvalue weighted by Crippen LogP contribution is 2.30. The molecule has 0 radical (unpaired) electrons. The standard InChI is InChI=1S/C15H13F2N3O.C2H6.CH4O/c1-2-13-19-12-5-3-9(16)7-11(12)15(21)20(13)14-6-4-10(17)8-18-14;2*1-2/h3-8,13,19H,2H2,1H3;1-2H3;2H,1H3. The van der Waals surface area contributed by atoms with Crippen LogP contribution in [0.2, 0.25) is 0 Å². The van der Waals surface area contributed by atoms with Gasteiger partial charge in [-0.3, -0.25) is 9.69 Å². The van der Waals surface area contributed by atoms with Crippen molar-refractivity contribution in [3.63, 3.8) is 0 Å². The van der Waals surface area contributed by atoms with E-state index in [0.717, 1.165) is 13.3 Å². The van der Waals surface area contributed by atoms with Gasteiger partial charge in [0.1, 0.15) is 23.6 Å². The number of hydrogen-bond donors (Lipinski definition) is 2. The topological polar surface area (TPSA) is 65.5 Å². The maximum atomic E-state index is 13.4. The Balaban J connectivity index is 0.000000730. The molecular weight excluding hydrogens is 328 g/mol. The van der Waals surface area contributed by atoms with Gasteiger partial charge in [0.2, 0.25) is 0 Å². The summed E-state index contributed by atoms with van der Waals surface area (Å²) in [6.07, 6.45) is 1.37. The van der Waals surface area contributed by atoms with Gasteiger partial charge >= 0.3 is 0 Å². The number of aromatic nitrogens is 1. The van der Waals surface area contributed by atoms with Crippen molar-refractivity contribution in [3.05, 3.63) is 53.7 Å². The summed E-state index contributed by atoms with van der Waals surface area (Å²) < 4.78 is 26.4. The number of benzene rings is 1. The zero-order valence-electron chi connectivity index (χ0n) is 14.8. The molecule has 136 valence electrons. The molecule has 0 spiro atoms. The molecule has 1 aromatic heterocycles. The first-order valence-electron chi connectivity index (χ1n) is 8.06. The maximum Gasteiger partial charge on any atom is 0.263 e. The van der Waals surface area contributed by atoms with Gasteiger partial charge in [-0.1, -0.05) is 20.8 Å². The van der Waals surface area contributed by atoms with Crippen LogP contribution in [0.15, 0.2) is 36.5 Å². The van der Waals surface area contributed by atoms with Crippen molar-refractivity contribution in [1.82, 2.24) is 4.98 Å². The van der Waals surface area contributed by atoms with E-state index < -0.39 is 11.6 Å². The molecule has 2 aromatic rings. The average molecular weight is 351 g/mol. The Morgan fingerprint density at radius 2 is 1.80 bits per heavy atom. The number of nitrogens with one attached hydrogen (secondary N) is 1. The highest BCUT2D eigenvalue weighted by Gasteiger charge is 2.33. The van der Waals surface area contributed by atoms with E-state index in [0.29, 0.717) is 17.9 Å². The highest BCUT2D eigenvalue weighted by molar-refractivity contribution is 6.11. The smallest absolute Gasteiger partial charge is 0.263 e. The third-order valence-electron chi connectivity index (χ3n) is 3.41. The van der Waals surface area contributed by atoms with Gasteiger partial charge in [-0.15, -0.1) is 0 Å². The number of nitrogens with zero attached hydrogens (tertiary/aromatic N) is 2. The maximum absolute atomic E-state index is 13.4. The van der Waals surface area contributed by atoms with Crippen molar-refractivity contribution in [2.45, 2.75) is 33.4 Å². The Hall–Kier alpha value is -2.54. The first kappa shape index (κ1) is 20.5. The summed E-state index contributed by atoms with van der Waals surface area (Å²) in [5.41, 5.74) is 0.831. The van der Waals surface area contributed by atoms with E-state index in [1.807, 2.05) is 20.8 Å². The number of fused-ring (bicyclic) bond motifs is 1. The molecule has 1 aliphatic heterocycles. The third kappa shape index (κ3) is 4.51. The van der Waals surface area contributed by atoms with Crippen LogP contribution in [0.3, 0.4) is 0 Å². The minimum atomic E-state index is -0.481. The second kappa shape index (κ2) is 9.68. The molecule has 1 aliphatic rings. The van der Waals surface area contributed by atoms with E-state index in [4.69, 9.17) is 5.11 Å². The average Bonchev–Trinajstić information content (AvgIpc) is 2.66. The Bertz CT molecular complexity index is 693. The highest BCUT2D eigenvalue weighted by atomic mass is 19.1. The summed E-state index contributed by atoms with van der Waals surface area (Å²) in [4.78, 5) is 18.0. The van der Waals surface area contributed by atoms with Crippen molar-refractivity contribution in [2.24, 2.45) is 0 Å². The third-order valence-corrected chi connectivity index (χ3v) is 3.41. The fourth-order valence-corrected chi connectivity index (χ4v) is 2.39. The first-order valence-corrected chi connectivity index (χ1v) is 8.06. The van der Waals surface area contributed by atoms with Crippen LogP contribution in [-0.2, 0) is 0 Å². The van der Waals surface area contributed by atoms with Gasteiger partial charge in [-0.25, -0.2) is 13.8 Å². The van der Waals surface area contributed by atoms with E-state index in [1.54, 1.807) is 6.07 Å². The van der Waals surface area contributed by atoms with Crippen LogP contribution >= 0.6 is 0 Å². The Morgan fingerprint density at radius 1 is 1.16 bits per heavy atom. The molecule has 1 unspecified atom stereocenters. The van der Waals surface area contributed by atoms with Crippen LogP contribution in [0.5, 0.6) is 0 Å². The largest absolute Gasteiger partial charge is 0.400 e. The number of amides is 1. The summed E-state index contributed by atoms with van der Waals surface area (Å²) in [5.74, 6) is -0.980. The molecule has 0 aliphatic carbocycles. The number of aliphatic hydroxyl groups is 1. The lowest BCUT2D eigenvalue weighted by atomic mass is 10.1. The van der Waals surface area contributed by atoms with Gasteiger partial charge in [-0.2, -0.15) is 0 Å². The van der Waals surface area contributed by atoms with Crippen molar-refractivity contribution in [1.29, 1.82) is 0 Å². The van der Waals surface area contributed by atoms with Crippen molar-refractivity contribution >= 4 is 17.4 Å². The zero-order valence-corrected chi connectivity index (χ0v) is 14.8. The van der Waals surface area contributed by atoms with Gasteiger partial charge in [0, 0.05) is 12.8 Å². The number of aliphatic hydroxyl groups excluding tert-OH is 1. The van der Waals surface area contributed by atoms with Crippen molar-refractivity contribution < 1.29 is 18.7 Å². The Kier molecular flexibility index (Phi) is 7.94. The van der Waals surface area contributed by atoms with Gasteiger partial charge in [-0.05, 0) is 36.8 Å². The van der Waals surface area contributed by atoms with E-state index >= 15 is 0 Å². The molecule has 1 aromatic carbocycles. The lowest BCUT2D eigenvalue weighted by Gasteiger charge is -2.36. The molecule has 0 saturated heterocycles. The monoisotopic (exact) mass is 351 g/mol. The summed E-state index contributed by atoms with van der Waals surface area (Å²) >= 11 is 0. The predicted octanol–water partition coefficient (Wildman–Crippen LogP) is 3.80. The molecular formula is C18H23F2N3O2. The summed E-state index contributed by atoms with van der Waals surface area (Å²) in [5, 5.41) is 10.2. The SMILES string of the molecule is CC.CCC1Nc2ccc(F)cc2C(=O)N1c1ccc(F)cn1.CO. The fourth-order valence-electron chi connectivity index (χ4n) is 2.39. The molecule has 0 fully saturated rings. The van der Waals surface area contributed by atoms with E-state index in [-0.39, 0.29) is 17.6 Å². The lowest BCUT2D eigenvalue weighted by Crippen LogP contribution is -2.49. The number of carbonyl (C=O) groups is 1. The molecule has 1 atom stereocenters. The Labute approximate surface area is 146 Å². The minimum Gasteiger partial charge on any atom is -0.400 e. The van der Waals surface area contributed by atoms with Gasteiger partial charge in [0.25, 0.3) is 5.91 Å². The van der Waals surface area contributed by atoms with Crippen LogP contribution in [0.4, 0.5) is 20.3 Å². The van der Waals surface area contributed by atoms with Crippen LogP contribution in [-0.4, -0.2) is 29.3 Å². The van der Waals surface area contributed by atoms with E-state index in [1.165, 1.54) is 29.2 Å². The van der Waals surface area contributed by atoms with Gasteiger partial charge in [0.05, 0.1) is 11.8 Å². The van der Waals surface area contributed by atoms with Crippen LogP contribution < -0.4 is 10.2 Å². The molecule has 25 heavy (non-hydrogen) atoms. The Morgan fingerprint density at radius 3 is 2.36 bits per heavy atom. The van der Waals surface area contributed by atoms with Gasteiger partial charge < -0.3 is 10.4 Å². The number of rotatable bonds is 2. The number of hydrogen-bond acceptors (Lipinski definition) is 4. The number of pyridine rings is 1. The molecule has 5 nitrogen and oxygen atoms in total. The van der Waals surface area contributed by atoms with Crippen molar-refractivity contribution in [3.8, 4) is 0 Å². The van der Waals surface area contributed by atoms with Crippen molar-refractivity contribution in [2.75, 3.05) is 17.3 Å².